The van der Waals surface area contributed by atoms with E-state index in [-0.39, 0.29) is 11.9 Å². The lowest BCUT2D eigenvalue weighted by atomic mass is 10.0. The van der Waals surface area contributed by atoms with Crippen molar-refractivity contribution in [2.45, 2.75) is 12.8 Å². The minimum atomic E-state index is -0.113. The quantitative estimate of drug-likeness (QED) is 0.611. The van der Waals surface area contributed by atoms with Crippen LogP contribution >= 0.6 is 27.3 Å². The van der Waals surface area contributed by atoms with E-state index in [0.29, 0.717) is 0 Å². The fourth-order valence-corrected chi connectivity index (χ4v) is 2.61. The first-order chi connectivity index (χ1) is 6.77. The van der Waals surface area contributed by atoms with E-state index in [0.717, 1.165) is 18.2 Å². The van der Waals surface area contributed by atoms with Gasteiger partial charge in [-0.2, -0.15) is 0 Å². The SMILES string of the molecule is COC(=O)C(CCBr)Cc1cccs1. The molecule has 1 rings (SSSR count). The van der Waals surface area contributed by atoms with E-state index >= 15 is 0 Å². The van der Waals surface area contributed by atoms with Crippen molar-refractivity contribution in [3.8, 4) is 0 Å². The predicted molar refractivity (Wildman–Crippen MR) is 61.9 cm³/mol. The number of methoxy groups -OCH3 is 1. The third kappa shape index (κ3) is 3.42. The van der Waals surface area contributed by atoms with Crippen LogP contribution in [0.3, 0.4) is 0 Å². The van der Waals surface area contributed by atoms with Gasteiger partial charge in [0.15, 0.2) is 0 Å². The van der Waals surface area contributed by atoms with E-state index in [9.17, 15) is 4.79 Å². The summed E-state index contributed by atoms with van der Waals surface area (Å²) in [6, 6.07) is 4.05. The number of thiophene rings is 1. The maximum atomic E-state index is 11.4. The highest BCUT2D eigenvalue weighted by molar-refractivity contribution is 9.09. The van der Waals surface area contributed by atoms with E-state index in [4.69, 9.17) is 4.74 Å². The van der Waals surface area contributed by atoms with Gasteiger partial charge in [-0.3, -0.25) is 4.79 Å². The van der Waals surface area contributed by atoms with Gasteiger partial charge in [0, 0.05) is 10.2 Å². The second-order valence-electron chi connectivity index (χ2n) is 2.98. The highest BCUT2D eigenvalue weighted by atomic mass is 79.9. The molecular weight excluding hydrogens is 264 g/mol. The Morgan fingerprint density at radius 3 is 3.00 bits per heavy atom. The minimum Gasteiger partial charge on any atom is -0.469 e. The lowest BCUT2D eigenvalue weighted by Gasteiger charge is -2.11. The van der Waals surface area contributed by atoms with Crippen LogP contribution < -0.4 is 0 Å². The zero-order valence-corrected chi connectivity index (χ0v) is 10.4. The molecule has 1 aromatic heterocycles. The third-order valence-electron chi connectivity index (χ3n) is 2.02. The fourth-order valence-electron chi connectivity index (χ4n) is 1.27. The first-order valence-corrected chi connectivity index (χ1v) is 6.44. The first kappa shape index (κ1) is 11.7. The van der Waals surface area contributed by atoms with Crippen LogP contribution in [0.5, 0.6) is 0 Å². The Balaban J connectivity index is 2.55. The van der Waals surface area contributed by atoms with Crippen molar-refractivity contribution in [2.24, 2.45) is 5.92 Å². The van der Waals surface area contributed by atoms with Gasteiger partial charge in [-0.1, -0.05) is 22.0 Å². The normalized spacial score (nSPS) is 12.4. The van der Waals surface area contributed by atoms with Crippen LogP contribution in [0.15, 0.2) is 17.5 Å². The molecule has 1 aromatic rings. The molecule has 2 nitrogen and oxygen atoms in total. The van der Waals surface area contributed by atoms with E-state index in [1.165, 1.54) is 12.0 Å². The molecule has 14 heavy (non-hydrogen) atoms. The van der Waals surface area contributed by atoms with Gasteiger partial charge in [-0.25, -0.2) is 0 Å². The number of halogens is 1. The Hall–Kier alpha value is -0.350. The Kier molecular flexibility index (Phi) is 5.19. The van der Waals surface area contributed by atoms with Crippen LogP contribution in [0.25, 0.3) is 0 Å². The van der Waals surface area contributed by atoms with Gasteiger partial charge >= 0.3 is 5.97 Å². The number of carbonyl (C=O) groups is 1. The van der Waals surface area contributed by atoms with Crippen molar-refractivity contribution in [3.05, 3.63) is 22.4 Å². The van der Waals surface area contributed by atoms with Crippen LogP contribution in [0.4, 0.5) is 0 Å². The molecule has 1 heterocycles. The summed E-state index contributed by atoms with van der Waals surface area (Å²) in [5.41, 5.74) is 0. The van der Waals surface area contributed by atoms with Gasteiger partial charge in [-0.05, 0) is 24.3 Å². The maximum absolute atomic E-state index is 11.4. The number of hydrogen-bond donors (Lipinski definition) is 0. The molecule has 0 aliphatic rings. The summed E-state index contributed by atoms with van der Waals surface area (Å²) in [7, 11) is 1.44. The Labute approximate surface area is 96.4 Å². The summed E-state index contributed by atoms with van der Waals surface area (Å²) < 4.78 is 4.76. The van der Waals surface area contributed by atoms with E-state index in [1.54, 1.807) is 11.3 Å². The van der Waals surface area contributed by atoms with Crippen molar-refractivity contribution in [2.75, 3.05) is 12.4 Å². The van der Waals surface area contributed by atoms with E-state index in [1.807, 2.05) is 11.4 Å². The molecule has 0 saturated heterocycles. The summed E-state index contributed by atoms with van der Waals surface area (Å²) in [5, 5.41) is 2.86. The van der Waals surface area contributed by atoms with Gasteiger partial charge in [0.1, 0.15) is 0 Å². The second-order valence-corrected chi connectivity index (χ2v) is 4.81. The van der Waals surface area contributed by atoms with Gasteiger partial charge < -0.3 is 4.74 Å². The monoisotopic (exact) mass is 276 g/mol. The predicted octanol–water partition coefficient (Wildman–Crippen LogP) is 2.86. The Morgan fingerprint density at radius 2 is 2.50 bits per heavy atom. The van der Waals surface area contributed by atoms with E-state index < -0.39 is 0 Å². The largest absolute Gasteiger partial charge is 0.469 e. The topological polar surface area (TPSA) is 26.3 Å². The number of alkyl halides is 1. The number of esters is 1. The van der Waals surface area contributed by atoms with Gasteiger partial charge in [0.25, 0.3) is 0 Å². The molecule has 1 unspecified atom stereocenters. The Bertz CT molecular complexity index is 272. The summed E-state index contributed by atoms with van der Waals surface area (Å²) in [5.74, 6) is -0.129. The highest BCUT2D eigenvalue weighted by Crippen LogP contribution is 2.18. The second kappa shape index (κ2) is 6.19. The standard InChI is InChI=1S/C10H13BrO2S/c1-13-10(12)8(4-5-11)7-9-3-2-6-14-9/h2-3,6,8H,4-5,7H2,1H3. The van der Waals surface area contributed by atoms with Gasteiger partial charge in [-0.15, -0.1) is 11.3 Å². The van der Waals surface area contributed by atoms with Crippen LogP contribution in [0.1, 0.15) is 11.3 Å². The summed E-state index contributed by atoms with van der Waals surface area (Å²) in [4.78, 5) is 12.6. The van der Waals surface area contributed by atoms with Crippen LogP contribution in [0, 0.1) is 5.92 Å². The van der Waals surface area contributed by atoms with Crippen molar-refractivity contribution < 1.29 is 9.53 Å². The number of ether oxygens (including phenoxy) is 1. The average Bonchev–Trinajstić information content (AvgIpc) is 2.68. The molecule has 0 aliphatic heterocycles. The molecule has 1 atom stereocenters. The molecular formula is C10H13BrO2S. The van der Waals surface area contributed by atoms with Crippen LogP contribution in [-0.4, -0.2) is 18.4 Å². The third-order valence-corrected chi connectivity index (χ3v) is 3.38. The number of rotatable bonds is 5. The smallest absolute Gasteiger partial charge is 0.309 e. The van der Waals surface area contributed by atoms with E-state index in [2.05, 4.69) is 22.0 Å². The molecule has 0 radical (unpaired) electrons. The number of hydrogen-bond acceptors (Lipinski definition) is 3. The fraction of sp³-hybridized carbons (Fsp3) is 0.500. The summed E-state index contributed by atoms with van der Waals surface area (Å²) >= 11 is 5.03. The van der Waals surface area contributed by atoms with Crippen molar-refractivity contribution >= 4 is 33.2 Å². The molecule has 0 spiro atoms. The molecule has 0 fully saturated rings. The molecule has 78 valence electrons. The molecule has 0 bridgehead atoms. The summed E-state index contributed by atoms with van der Waals surface area (Å²) in [6.45, 7) is 0. The highest BCUT2D eigenvalue weighted by Gasteiger charge is 2.19. The van der Waals surface area contributed by atoms with Crippen molar-refractivity contribution in [1.29, 1.82) is 0 Å². The Morgan fingerprint density at radius 1 is 1.71 bits per heavy atom. The van der Waals surface area contributed by atoms with Crippen molar-refractivity contribution in [1.82, 2.24) is 0 Å². The molecule has 0 saturated carbocycles. The molecule has 0 N–H and O–H groups in total. The zero-order chi connectivity index (χ0) is 10.4. The minimum absolute atomic E-state index is 0.0157. The molecule has 4 heteroatoms. The molecule has 0 aromatic carbocycles. The first-order valence-electron chi connectivity index (χ1n) is 4.44. The van der Waals surface area contributed by atoms with Crippen LogP contribution in [-0.2, 0) is 16.0 Å². The zero-order valence-electron chi connectivity index (χ0n) is 8.03. The van der Waals surface area contributed by atoms with Crippen molar-refractivity contribution in [3.63, 3.8) is 0 Å². The maximum Gasteiger partial charge on any atom is 0.309 e. The van der Waals surface area contributed by atoms with Crippen LogP contribution in [0.2, 0.25) is 0 Å². The van der Waals surface area contributed by atoms with Gasteiger partial charge in [0.2, 0.25) is 0 Å². The average molecular weight is 277 g/mol. The van der Waals surface area contributed by atoms with Gasteiger partial charge in [0.05, 0.1) is 13.0 Å². The lowest BCUT2D eigenvalue weighted by molar-refractivity contribution is -0.145. The molecule has 0 amide bonds. The lowest BCUT2D eigenvalue weighted by Crippen LogP contribution is -2.18. The summed E-state index contributed by atoms with van der Waals surface area (Å²) in [6.07, 6.45) is 1.61. The molecule has 0 aliphatic carbocycles. The number of carbonyl (C=O) groups excluding carboxylic acids is 1.